The highest BCUT2D eigenvalue weighted by Gasteiger charge is 2.23. The van der Waals surface area contributed by atoms with Crippen molar-refractivity contribution in [2.24, 2.45) is 7.05 Å². The lowest BCUT2D eigenvalue weighted by Crippen LogP contribution is -2.34. The summed E-state index contributed by atoms with van der Waals surface area (Å²) < 4.78 is 2.69. The van der Waals surface area contributed by atoms with Gasteiger partial charge in [0.2, 0.25) is 0 Å². The van der Waals surface area contributed by atoms with Crippen molar-refractivity contribution in [1.82, 2.24) is 19.7 Å². The normalized spacial score (nSPS) is 10.9. The van der Waals surface area contributed by atoms with E-state index in [0.29, 0.717) is 12.2 Å². The van der Waals surface area contributed by atoms with E-state index < -0.39 is 0 Å². The van der Waals surface area contributed by atoms with Gasteiger partial charge in [0, 0.05) is 19.8 Å². The van der Waals surface area contributed by atoms with Gasteiger partial charge in [0.25, 0.3) is 5.91 Å². The first-order valence-electron chi connectivity index (χ1n) is 7.86. The molecule has 0 spiro atoms. The van der Waals surface area contributed by atoms with E-state index in [2.05, 4.69) is 15.0 Å². The van der Waals surface area contributed by atoms with E-state index in [-0.39, 0.29) is 18.3 Å². The van der Waals surface area contributed by atoms with Crippen molar-refractivity contribution in [3.63, 3.8) is 0 Å². The van der Waals surface area contributed by atoms with Crippen LogP contribution in [0.15, 0.2) is 36.5 Å². The van der Waals surface area contributed by atoms with Crippen molar-refractivity contribution in [2.45, 2.75) is 6.42 Å². The van der Waals surface area contributed by atoms with E-state index >= 15 is 0 Å². The van der Waals surface area contributed by atoms with Crippen LogP contribution in [0.1, 0.15) is 16.9 Å². The van der Waals surface area contributed by atoms with Gasteiger partial charge in [-0.1, -0.05) is 23.5 Å². The maximum absolute atomic E-state index is 13.0. The highest BCUT2D eigenvalue weighted by Crippen LogP contribution is 2.29. The molecule has 1 aromatic carbocycles. The number of fused-ring (bicyclic) bond motifs is 1. The molecule has 0 fully saturated rings. The largest absolute Gasteiger partial charge is 0.309 e. The Hall–Kier alpha value is -1.96. The average molecular weight is 380 g/mol. The second kappa shape index (κ2) is 8.42. The number of rotatable bonds is 6. The van der Waals surface area contributed by atoms with E-state index in [1.807, 2.05) is 38.4 Å². The van der Waals surface area contributed by atoms with Crippen LogP contribution < -0.4 is 4.90 Å². The van der Waals surface area contributed by atoms with Crippen LogP contribution in [0.4, 0.5) is 5.13 Å². The Bertz CT molecular complexity index is 811. The molecule has 8 heteroatoms. The SMILES string of the molecule is CN(C)CCCN(C(=O)c1ccnn1C)c1nc2ccccc2s1.Cl. The molecule has 25 heavy (non-hydrogen) atoms. The smallest absolute Gasteiger partial charge is 0.278 e. The molecule has 3 rings (SSSR count). The zero-order valence-corrected chi connectivity index (χ0v) is 16.2. The van der Waals surface area contributed by atoms with Gasteiger partial charge in [0.05, 0.1) is 10.2 Å². The molecule has 134 valence electrons. The summed E-state index contributed by atoms with van der Waals surface area (Å²) >= 11 is 1.55. The zero-order valence-electron chi connectivity index (χ0n) is 14.5. The number of carbonyl (C=O) groups excluding carboxylic acids is 1. The molecule has 6 nitrogen and oxygen atoms in total. The van der Waals surface area contributed by atoms with Crippen molar-refractivity contribution >= 4 is 45.0 Å². The molecule has 1 amide bonds. The molecule has 3 aromatic rings. The second-order valence-corrected chi connectivity index (χ2v) is 6.93. The van der Waals surface area contributed by atoms with Gasteiger partial charge in [0.1, 0.15) is 5.69 Å². The third kappa shape index (κ3) is 4.36. The Kier molecular flexibility index (Phi) is 6.52. The molecule has 0 saturated carbocycles. The molecule has 0 N–H and O–H groups in total. The van der Waals surface area contributed by atoms with E-state index in [1.165, 1.54) is 0 Å². The summed E-state index contributed by atoms with van der Waals surface area (Å²) in [6.45, 7) is 1.54. The summed E-state index contributed by atoms with van der Waals surface area (Å²) in [5.74, 6) is -0.0622. The topological polar surface area (TPSA) is 54.3 Å². The molecular formula is C17H22ClN5OS. The number of aryl methyl sites for hydroxylation is 1. The number of carbonyl (C=O) groups is 1. The number of hydrogen-bond donors (Lipinski definition) is 0. The fourth-order valence-electron chi connectivity index (χ4n) is 2.53. The van der Waals surface area contributed by atoms with E-state index in [9.17, 15) is 4.79 Å². The molecular weight excluding hydrogens is 358 g/mol. The lowest BCUT2D eigenvalue weighted by Gasteiger charge is -2.20. The minimum absolute atomic E-state index is 0. The molecule has 2 heterocycles. The molecule has 2 aromatic heterocycles. The maximum atomic E-state index is 13.0. The van der Waals surface area contributed by atoms with Crippen LogP contribution in [-0.2, 0) is 7.05 Å². The van der Waals surface area contributed by atoms with Gasteiger partial charge in [-0.2, -0.15) is 5.10 Å². The third-order valence-corrected chi connectivity index (χ3v) is 4.85. The van der Waals surface area contributed by atoms with E-state index in [4.69, 9.17) is 0 Å². The van der Waals surface area contributed by atoms with Crippen LogP contribution in [-0.4, -0.2) is 52.8 Å². The minimum Gasteiger partial charge on any atom is -0.309 e. The molecule has 0 unspecified atom stereocenters. The fourth-order valence-corrected chi connectivity index (χ4v) is 3.52. The molecule has 0 atom stereocenters. The van der Waals surface area contributed by atoms with Crippen molar-refractivity contribution in [1.29, 1.82) is 0 Å². The fraction of sp³-hybridized carbons (Fsp3) is 0.353. The molecule has 0 radical (unpaired) electrons. The van der Waals surface area contributed by atoms with Crippen LogP contribution >= 0.6 is 23.7 Å². The van der Waals surface area contributed by atoms with Gasteiger partial charge in [0.15, 0.2) is 5.13 Å². The number of benzene rings is 1. The molecule has 0 aliphatic heterocycles. The first-order chi connectivity index (χ1) is 11.6. The van der Waals surface area contributed by atoms with Crippen LogP contribution in [0.25, 0.3) is 10.2 Å². The zero-order chi connectivity index (χ0) is 17.1. The number of amides is 1. The Morgan fingerprint density at radius 2 is 1.96 bits per heavy atom. The van der Waals surface area contributed by atoms with Gasteiger partial charge in [-0.3, -0.25) is 14.4 Å². The quantitative estimate of drug-likeness (QED) is 0.660. The molecule has 0 saturated heterocycles. The highest BCUT2D eigenvalue weighted by atomic mass is 35.5. The van der Waals surface area contributed by atoms with Crippen molar-refractivity contribution in [3.05, 3.63) is 42.2 Å². The van der Waals surface area contributed by atoms with Crippen molar-refractivity contribution < 1.29 is 4.79 Å². The second-order valence-electron chi connectivity index (χ2n) is 5.92. The Labute approximate surface area is 157 Å². The van der Waals surface area contributed by atoms with Crippen molar-refractivity contribution in [2.75, 3.05) is 32.1 Å². The first-order valence-corrected chi connectivity index (χ1v) is 8.68. The molecule has 0 aliphatic carbocycles. The van der Waals surface area contributed by atoms with E-state index in [0.717, 1.165) is 28.3 Å². The van der Waals surface area contributed by atoms with Gasteiger partial charge in [-0.25, -0.2) is 4.98 Å². The summed E-state index contributed by atoms with van der Waals surface area (Å²) in [6, 6.07) is 9.70. The van der Waals surface area contributed by atoms with Crippen molar-refractivity contribution in [3.8, 4) is 0 Å². The summed E-state index contributed by atoms with van der Waals surface area (Å²) in [6.07, 6.45) is 2.52. The predicted octanol–water partition coefficient (Wildman–Crippen LogP) is 3.05. The molecule has 0 aliphatic rings. The maximum Gasteiger partial charge on any atom is 0.278 e. The van der Waals surface area contributed by atoms with Gasteiger partial charge in [-0.15, -0.1) is 12.4 Å². The number of anilines is 1. The number of nitrogens with zero attached hydrogens (tertiary/aromatic N) is 5. The number of thiazole rings is 1. The van der Waals surface area contributed by atoms with Gasteiger partial charge >= 0.3 is 0 Å². The summed E-state index contributed by atoms with van der Waals surface area (Å²) in [5, 5.41) is 4.85. The lowest BCUT2D eigenvalue weighted by atomic mass is 10.3. The van der Waals surface area contributed by atoms with Gasteiger partial charge < -0.3 is 4.90 Å². The van der Waals surface area contributed by atoms with Gasteiger partial charge in [-0.05, 0) is 45.3 Å². The molecule has 0 bridgehead atoms. The lowest BCUT2D eigenvalue weighted by molar-refractivity contribution is 0.0977. The Morgan fingerprint density at radius 3 is 2.60 bits per heavy atom. The number of hydrogen-bond acceptors (Lipinski definition) is 5. The average Bonchev–Trinajstić information content (AvgIpc) is 3.16. The van der Waals surface area contributed by atoms with Crippen LogP contribution in [0.5, 0.6) is 0 Å². The van der Waals surface area contributed by atoms with E-state index in [1.54, 1.807) is 40.2 Å². The summed E-state index contributed by atoms with van der Waals surface area (Å²) in [4.78, 5) is 21.5. The Balaban J connectivity index is 0.00000225. The monoisotopic (exact) mass is 379 g/mol. The van der Waals surface area contributed by atoms with Crippen LogP contribution in [0.3, 0.4) is 0 Å². The minimum atomic E-state index is -0.0622. The number of halogens is 1. The summed E-state index contributed by atoms with van der Waals surface area (Å²) in [5.41, 5.74) is 1.49. The first kappa shape index (κ1) is 19.4. The number of aromatic nitrogens is 3. The standard InChI is InChI=1S/C17H21N5OS.ClH/c1-20(2)11-6-12-22(16(23)14-9-10-18-21(14)3)17-19-13-7-4-5-8-15(13)24-17;/h4-5,7-10H,6,11-12H2,1-3H3;1H. The van der Waals surface area contributed by atoms with Crippen LogP contribution in [0.2, 0.25) is 0 Å². The predicted molar refractivity (Wildman–Crippen MR) is 105 cm³/mol. The highest BCUT2D eigenvalue weighted by molar-refractivity contribution is 7.22. The Morgan fingerprint density at radius 1 is 1.20 bits per heavy atom. The third-order valence-electron chi connectivity index (χ3n) is 3.79. The van der Waals surface area contributed by atoms with Crippen LogP contribution in [0, 0.1) is 0 Å². The summed E-state index contributed by atoms with van der Waals surface area (Å²) in [7, 11) is 5.85. The number of para-hydroxylation sites is 1.